The Hall–Kier alpha value is -4.16. The third-order valence-corrected chi connectivity index (χ3v) is 8.20. The topological polar surface area (TPSA) is 132 Å². The number of nitrogens with zero attached hydrogens (tertiary/aromatic N) is 1. The van der Waals surface area contributed by atoms with Gasteiger partial charge in [-0.1, -0.05) is 75.6 Å². The molecule has 0 saturated heterocycles. The van der Waals surface area contributed by atoms with E-state index in [2.05, 4.69) is 27.3 Å². The van der Waals surface area contributed by atoms with Gasteiger partial charge in [0.15, 0.2) is 0 Å². The predicted octanol–water partition coefficient (Wildman–Crippen LogP) is 3.24. The molecule has 1 fully saturated rings. The Morgan fingerprint density at radius 2 is 1.86 bits per heavy atom. The quantitative estimate of drug-likeness (QED) is 0.446. The Kier molecular flexibility index (Phi) is 10.7. The van der Waals surface area contributed by atoms with E-state index in [-0.39, 0.29) is 36.6 Å². The van der Waals surface area contributed by atoms with E-state index in [1.165, 1.54) is 0 Å². The van der Waals surface area contributed by atoms with E-state index in [4.69, 9.17) is 4.74 Å². The second-order valence-corrected chi connectivity index (χ2v) is 11.2. The number of carbonyl (C=O) groups is 3. The minimum atomic E-state index is -1.10. The number of hydrogen-bond acceptors (Lipinski definition) is 6. The minimum absolute atomic E-state index is 0.0262. The fraction of sp³-hybridized carbons (Fsp3) is 0.455. The third kappa shape index (κ3) is 7.77. The van der Waals surface area contributed by atoms with Crippen molar-refractivity contribution in [2.75, 3.05) is 19.7 Å². The zero-order chi connectivity index (χ0) is 30.0. The Balaban J connectivity index is 1.65. The monoisotopic (exact) mass is 571 g/mol. The molecule has 0 bridgehead atoms. The van der Waals surface area contributed by atoms with Crippen LogP contribution in [-0.2, 0) is 20.8 Å². The van der Waals surface area contributed by atoms with Crippen molar-refractivity contribution in [1.29, 1.82) is 5.26 Å². The summed E-state index contributed by atoms with van der Waals surface area (Å²) in [5.41, 5.74) is 0.999. The van der Waals surface area contributed by atoms with Crippen molar-refractivity contribution in [3.8, 4) is 11.8 Å². The molecule has 222 valence electrons. The summed E-state index contributed by atoms with van der Waals surface area (Å²) in [6, 6.07) is 15.4. The standard InChI is InChI=1S/C33H41N5O4/c1-3-23(2)29-31(40)38-33(15-6-7-16-33)32(41)37-27(21-24-10-8-11-25(20-24)22-34)30(39)36-17-9-13-26-12-4-5-14-28(26)42-19-18-35-29/h4-5,8-14,20,23,27,29,35H,3,6-7,15-19,21H2,1-2H3,(H,36,39)(H,37,41)(H,38,40)/b13-9-/t23-,27-,29-/m0/s1. The minimum Gasteiger partial charge on any atom is -0.492 e. The van der Waals surface area contributed by atoms with Gasteiger partial charge in [-0.2, -0.15) is 5.26 Å². The van der Waals surface area contributed by atoms with Crippen LogP contribution in [0.1, 0.15) is 62.6 Å². The maximum absolute atomic E-state index is 13.9. The van der Waals surface area contributed by atoms with Gasteiger partial charge in [-0.3, -0.25) is 14.4 Å². The van der Waals surface area contributed by atoms with Crippen LogP contribution in [0.5, 0.6) is 5.75 Å². The molecule has 9 nitrogen and oxygen atoms in total. The fourth-order valence-corrected chi connectivity index (χ4v) is 5.59. The van der Waals surface area contributed by atoms with Crippen LogP contribution in [0.3, 0.4) is 0 Å². The van der Waals surface area contributed by atoms with Crippen molar-refractivity contribution in [3.63, 3.8) is 0 Å². The van der Waals surface area contributed by atoms with Gasteiger partial charge in [-0.15, -0.1) is 0 Å². The molecule has 1 aliphatic heterocycles. The smallest absolute Gasteiger partial charge is 0.246 e. The first kappa shape index (κ1) is 30.8. The summed E-state index contributed by atoms with van der Waals surface area (Å²) in [4.78, 5) is 41.1. The van der Waals surface area contributed by atoms with Gasteiger partial charge >= 0.3 is 0 Å². The largest absolute Gasteiger partial charge is 0.492 e. The van der Waals surface area contributed by atoms with E-state index in [0.29, 0.717) is 37.3 Å². The predicted molar refractivity (Wildman–Crippen MR) is 161 cm³/mol. The number of nitrogens with one attached hydrogen (secondary N) is 4. The molecular formula is C33H41N5O4. The molecule has 9 heteroatoms. The number of hydrogen-bond donors (Lipinski definition) is 4. The second kappa shape index (κ2) is 14.6. The highest BCUT2D eigenvalue weighted by Gasteiger charge is 2.45. The van der Waals surface area contributed by atoms with Gasteiger partial charge < -0.3 is 26.0 Å². The molecule has 3 atom stereocenters. The van der Waals surface area contributed by atoms with Crippen molar-refractivity contribution in [2.45, 2.75) is 70.0 Å². The number of rotatable bonds is 4. The molecule has 0 radical (unpaired) electrons. The summed E-state index contributed by atoms with van der Waals surface area (Å²) < 4.78 is 6.04. The number of ether oxygens (including phenoxy) is 1. The first-order valence-corrected chi connectivity index (χ1v) is 14.9. The van der Waals surface area contributed by atoms with Crippen LogP contribution >= 0.6 is 0 Å². The van der Waals surface area contributed by atoms with Gasteiger partial charge in [0.25, 0.3) is 0 Å². The molecule has 1 heterocycles. The number of amides is 3. The molecule has 2 aromatic rings. The van der Waals surface area contributed by atoms with Crippen molar-refractivity contribution in [1.82, 2.24) is 21.3 Å². The zero-order valence-corrected chi connectivity index (χ0v) is 24.4. The van der Waals surface area contributed by atoms with Crippen LogP contribution in [0.4, 0.5) is 0 Å². The van der Waals surface area contributed by atoms with Crippen LogP contribution in [0.2, 0.25) is 0 Å². The summed E-state index contributed by atoms with van der Waals surface area (Å²) >= 11 is 0. The molecule has 42 heavy (non-hydrogen) atoms. The van der Waals surface area contributed by atoms with Gasteiger partial charge in [0, 0.05) is 25.1 Å². The van der Waals surface area contributed by atoms with Gasteiger partial charge in [-0.05, 0) is 42.5 Å². The Morgan fingerprint density at radius 1 is 1.07 bits per heavy atom. The summed E-state index contributed by atoms with van der Waals surface area (Å²) in [5.74, 6) is -0.201. The summed E-state index contributed by atoms with van der Waals surface area (Å²) in [6.45, 7) is 5.12. The van der Waals surface area contributed by atoms with Crippen molar-refractivity contribution >= 4 is 23.8 Å². The highest BCUT2D eigenvalue weighted by atomic mass is 16.5. The van der Waals surface area contributed by atoms with Gasteiger partial charge in [-0.25, -0.2) is 0 Å². The number of para-hydroxylation sites is 1. The molecule has 1 aliphatic carbocycles. The highest BCUT2D eigenvalue weighted by molar-refractivity contribution is 5.96. The maximum atomic E-state index is 13.9. The number of benzene rings is 2. The lowest BCUT2D eigenvalue weighted by Crippen LogP contribution is -2.64. The summed E-state index contributed by atoms with van der Waals surface area (Å²) in [7, 11) is 0. The molecule has 4 rings (SSSR count). The van der Waals surface area contributed by atoms with Crippen LogP contribution in [0, 0.1) is 17.2 Å². The summed E-state index contributed by atoms with van der Waals surface area (Å²) in [5, 5.41) is 21.7. The molecule has 2 aliphatic rings. The van der Waals surface area contributed by atoms with Crippen LogP contribution in [0.25, 0.3) is 6.08 Å². The lowest BCUT2D eigenvalue weighted by Gasteiger charge is -2.34. The fourth-order valence-electron chi connectivity index (χ4n) is 5.59. The molecular weight excluding hydrogens is 530 g/mol. The van der Waals surface area contributed by atoms with Crippen molar-refractivity contribution in [2.24, 2.45) is 5.92 Å². The van der Waals surface area contributed by atoms with Crippen molar-refractivity contribution < 1.29 is 19.1 Å². The average molecular weight is 572 g/mol. The SMILES string of the molecule is CC[C@H](C)[C@@H]1NCCOc2ccccc2/C=C\CNC(=O)[C@H](Cc2cccc(C#N)c2)NC(=O)C2(CCCC2)NC1=O. The molecule has 1 spiro atoms. The van der Waals surface area contributed by atoms with E-state index >= 15 is 0 Å². The van der Waals surface area contributed by atoms with E-state index in [0.717, 1.165) is 30.4 Å². The van der Waals surface area contributed by atoms with Gasteiger partial charge in [0.1, 0.15) is 23.9 Å². The molecule has 1 saturated carbocycles. The van der Waals surface area contributed by atoms with Gasteiger partial charge in [0.05, 0.1) is 17.7 Å². The first-order chi connectivity index (χ1) is 20.3. The first-order valence-electron chi connectivity index (χ1n) is 14.9. The summed E-state index contributed by atoms with van der Waals surface area (Å²) in [6.07, 6.45) is 7.31. The van der Waals surface area contributed by atoms with Crippen LogP contribution in [0.15, 0.2) is 54.6 Å². The molecule has 0 aromatic heterocycles. The maximum Gasteiger partial charge on any atom is 0.246 e. The van der Waals surface area contributed by atoms with Crippen molar-refractivity contribution in [3.05, 3.63) is 71.3 Å². The Morgan fingerprint density at radius 3 is 2.62 bits per heavy atom. The zero-order valence-electron chi connectivity index (χ0n) is 24.4. The molecule has 0 unspecified atom stereocenters. The van der Waals surface area contributed by atoms with E-state index < -0.39 is 17.6 Å². The van der Waals surface area contributed by atoms with Crippen LogP contribution < -0.4 is 26.0 Å². The van der Waals surface area contributed by atoms with Crippen LogP contribution in [-0.4, -0.2) is 55.0 Å². The lowest BCUT2D eigenvalue weighted by atomic mass is 9.92. The van der Waals surface area contributed by atoms with E-state index in [1.807, 2.05) is 56.3 Å². The third-order valence-electron chi connectivity index (χ3n) is 8.20. The highest BCUT2D eigenvalue weighted by Crippen LogP contribution is 2.31. The Labute approximate surface area is 248 Å². The van der Waals surface area contributed by atoms with E-state index in [9.17, 15) is 19.6 Å². The molecule has 3 amide bonds. The number of nitriles is 1. The molecule has 2 aromatic carbocycles. The van der Waals surface area contributed by atoms with Gasteiger partial charge in [0.2, 0.25) is 17.7 Å². The second-order valence-electron chi connectivity index (χ2n) is 11.2. The normalized spacial score (nSPS) is 23.1. The lowest BCUT2D eigenvalue weighted by molar-refractivity contribution is -0.137. The molecule has 4 N–H and O–H groups in total. The number of fused-ring (bicyclic) bond motifs is 1. The average Bonchev–Trinajstić information content (AvgIpc) is 3.48. The number of carbonyl (C=O) groups excluding carboxylic acids is 3. The Bertz CT molecular complexity index is 1330. The van der Waals surface area contributed by atoms with E-state index in [1.54, 1.807) is 18.2 Å².